The number of thiophene rings is 1. The second kappa shape index (κ2) is 9.89. The zero-order chi connectivity index (χ0) is 19.8. The van der Waals surface area contributed by atoms with E-state index in [2.05, 4.69) is 6.92 Å². The van der Waals surface area contributed by atoms with Crippen molar-refractivity contribution in [3.05, 3.63) is 51.7 Å². The summed E-state index contributed by atoms with van der Waals surface area (Å²) in [7, 11) is 0. The second-order valence-corrected chi connectivity index (χ2v) is 7.48. The summed E-state index contributed by atoms with van der Waals surface area (Å²) in [6, 6.07) is 13.0. The molecule has 0 radical (unpaired) electrons. The van der Waals surface area contributed by atoms with Gasteiger partial charge in [0.15, 0.2) is 6.10 Å². The molecule has 0 bridgehead atoms. The fraction of sp³-hybridized carbons (Fsp3) is 0.381. The number of hydrogen-bond donors (Lipinski definition) is 0. The molecule has 0 aliphatic carbocycles. The molecule has 27 heavy (non-hydrogen) atoms. The zero-order valence-electron chi connectivity index (χ0n) is 15.9. The molecule has 1 amide bonds. The molecular formula is C21H24N2O3S. The van der Waals surface area contributed by atoms with Crippen LogP contribution < -0.4 is 4.90 Å². The van der Waals surface area contributed by atoms with Crippen LogP contribution in [0, 0.1) is 18.3 Å². The lowest BCUT2D eigenvalue weighted by molar-refractivity contribution is -0.126. The highest BCUT2D eigenvalue weighted by Gasteiger charge is 2.26. The first-order valence-electron chi connectivity index (χ1n) is 9.01. The number of carbonyl (C=O) groups excluding carboxylic acids is 2. The molecule has 1 aromatic carbocycles. The van der Waals surface area contributed by atoms with Crippen molar-refractivity contribution in [1.82, 2.24) is 0 Å². The summed E-state index contributed by atoms with van der Waals surface area (Å²) in [5.41, 5.74) is 1.83. The lowest BCUT2D eigenvalue weighted by Gasteiger charge is -2.25. The molecule has 2 rings (SSSR count). The van der Waals surface area contributed by atoms with Crippen LogP contribution in [-0.4, -0.2) is 24.5 Å². The minimum atomic E-state index is -0.937. The smallest absolute Gasteiger partial charge is 0.349 e. The molecule has 0 saturated heterocycles. The molecule has 2 aromatic rings. The summed E-state index contributed by atoms with van der Waals surface area (Å²) in [5.74, 6) is -0.827. The number of carbonyl (C=O) groups is 2. The fourth-order valence-electron chi connectivity index (χ4n) is 2.76. The van der Waals surface area contributed by atoms with Gasteiger partial charge in [-0.1, -0.05) is 31.5 Å². The Morgan fingerprint density at radius 1 is 1.30 bits per heavy atom. The maximum absolute atomic E-state index is 12.8. The summed E-state index contributed by atoms with van der Waals surface area (Å²) in [6.07, 6.45) is 1.19. The number of benzene rings is 1. The maximum atomic E-state index is 12.8. The van der Waals surface area contributed by atoms with Crippen molar-refractivity contribution >= 4 is 28.9 Å². The van der Waals surface area contributed by atoms with Gasteiger partial charge in [-0.3, -0.25) is 4.79 Å². The van der Waals surface area contributed by atoms with E-state index < -0.39 is 12.1 Å². The van der Waals surface area contributed by atoms with Gasteiger partial charge in [-0.2, -0.15) is 5.26 Å². The predicted molar refractivity (Wildman–Crippen MR) is 107 cm³/mol. The van der Waals surface area contributed by atoms with Crippen molar-refractivity contribution in [1.29, 1.82) is 5.26 Å². The summed E-state index contributed by atoms with van der Waals surface area (Å²) in [6.45, 7) is 5.89. The topological polar surface area (TPSA) is 70.4 Å². The van der Waals surface area contributed by atoms with E-state index in [1.807, 2.05) is 37.3 Å². The van der Waals surface area contributed by atoms with Crippen molar-refractivity contribution in [2.45, 2.75) is 46.1 Å². The minimum Gasteiger partial charge on any atom is -0.448 e. The minimum absolute atomic E-state index is 0.200. The number of amides is 1. The Labute approximate surface area is 164 Å². The standard InChI is InChI=1S/C21H24N2O3S/c1-4-9-17-14-19(27-16(17)3)21(25)26-15(2)20(24)23(13-8-12-22)18-10-6-5-7-11-18/h5-7,10-11,14-15H,4,8-9,13H2,1-3H3. The third-order valence-electron chi connectivity index (χ3n) is 4.15. The van der Waals surface area contributed by atoms with Crippen molar-refractivity contribution in [2.24, 2.45) is 0 Å². The van der Waals surface area contributed by atoms with E-state index in [9.17, 15) is 9.59 Å². The van der Waals surface area contributed by atoms with Crippen molar-refractivity contribution < 1.29 is 14.3 Å². The SMILES string of the molecule is CCCc1cc(C(=O)OC(C)C(=O)N(CCC#N)c2ccccc2)sc1C. The molecule has 1 heterocycles. The third kappa shape index (κ3) is 5.41. The van der Waals surface area contributed by atoms with Gasteiger partial charge in [-0.05, 0) is 44.0 Å². The van der Waals surface area contributed by atoms with Crippen LogP contribution in [0.25, 0.3) is 0 Å². The van der Waals surface area contributed by atoms with Gasteiger partial charge in [0.25, 0.3) is 5.91 Å². The van der Waals surface area contributed by atoms with E-state index in [1.165, 1.54) is 16.2 Å². The second-order valence-electron chi connectivity index (χ2n) is 6.22. The number of nitriles is 1. The Bertz CT molecular complexity index is 824. The van der Waals surface area contributed by atoms with Gasteiger partial charge in [-0.15, -0.1) is 11.3 Å². The predicted octanol–water partition coefficient (Wildman–Crippen LogP) is 4.50. The number of nitrogens with zero attached hydrogens (tertiary/aromatic N) is 2. The summed E-state index contributed by atoms with van der Waals surface area (Å²) >= 11 is 1.39. The highest BCUT2D eigenvalue weighted by molar-refractivity contribution is 7.14. The molecule has 0 saturated carbocycles. The van der Waals surface area contributed by atoms with Crippen LogP contribution in [0.2, 0.25) is 0 Å². The Hall–Kier alpha value is -2.65. The van der Waals surface area contributed by atoms with Crippen LogP contribution in [0.3, 0.4) is 0 Å². The maximum Gasteiger partial charge on any atom is 0.349 e. The molecule has 142 valence electrons. The van der Waals surface area contributed by atoms with Gasteiger partial charge < -0.3 is 9.64 Å². The molecule has 0 aliphatic heterocycles. The van der Waals surface area contributed by atoms with Crippen LogP contribution in [0.15, 0.2) is 36.4 Å². The van der Waals surface area contributed by atoms with Crippen molar-refractivity contribution in [3.8, 4) is 6.07 Å². The third-order valence-corrected chi connectivity index (χ3v) is 5.23. The van der Waals surface area contributed by atoms with Gasteiger partial charge in [0, 0.05) is 17.1 Å². The van der Waals surface area contributed by atoms with E-state index in [1.54, 1.807) is 19.1 Å². The Morgan fingerprint density at radius 3 is 2.63 bits per heavy atom. The first-order chi connectivity index (χ1) is 13.0. The van der Waals surface area contributed by atoms with Gasteiger partial charge in [0.2, 0.25) is 0 Å². The summed E-state index contributed by atoms with van der Waals surface area (Å²) in [4.78, 5) is 28.4. The number of esters is 1. The molecule has 0 aliphatic rings. The first-order valence-corrected chi connectivity index (χ1v) is 9.83. The highest BCUT2D eigenvalue weighted by Crippen LogP contribution is 2.24. The van der Waals surface area contributed by atoms with E-state index in [0.29, 0.717) is 10.6 Å². The number of ether oxygens (including phenoxy) is 1. The van der Waals surface area contributed by atoms with Gasteiger partial charge >= 0.3 is 5.97 Å². The molecule has 5 nitrogen and oxygen atoms in total. The van der Waals surface area contributed by atoms with Crippen molar-refractivity contribution in [2.75, 3.05) is 11.4 Å². The van der Waals surface area contributed by atoms with Crippen LogP contribution in [0.5, 0.6) is 0 Å². The lowest BCUT2D eigenvalue weighted by atomic mass is 10.1. The van der Waals surface area contributed by atoms with E-state index in [0.717, 1.165) is 23.3 Å². The Kier molecular flexibility index (Phi) is 7.56. The molecule has 0 N–H and O–H groups in total. The number of anilines is 1. The van der Waals surface area contributed by atoms with Crippen LogP contribution >= 0.6 is 11.3 Å². The molecular weight excluding hydrogens is 360 g/mol. The number of hydrogen-bond acceptors (Lipinski definition) is 5. The van der Waals surface area contributed by atoms with E-state index >= 15 is 0 Å². The molecule has 6 heteroatoms. The van der Waals surface area contributed by atoms with Gasteiger partial charge in [0.05, 0.1) is 12.5 Å². The monoisotopic (exact) mass is 384 g/mol. The molecule has 1 atom stereocenters. The number of aryl methyl sites for hydroxylation is 2. The quantitative estimate of drug-likeness (QED) is 0.628. The van der Waals surface area contributed by atoms with E-state index in [4.69, 9.17) is 10.00 Å². The van der Waals surface area contributed by atoms with Crippen LogP contribution in [-0.2, 0) is 16.0 Å². The molecule has 1 unspecified atom stereocenters. The zero-order valence-corrected chi connectivity index (χ0v) is 16.7. The summed E-state index contributed by atoms with van der Waals surface area (Å²) < 4.78 is 5.42. The molecule has 1 aromatic heterocycles. The average Bonchev–Trinajstić information content (AvgIpc) is 3.04. The molecule has 0 fully saturated rings. The highest BCUT2D eigenvalue weighted by atomic mass is 32.1. The van der Waals surface area contributed by atoms with Crippen molar-refractivity contribution in [3.63, 3.8) is 0 Å². The lowest BCUT2D eigenvalue weighted by Crippen LogP contribution is -2.40. The largest absolute Gasteiger partial charge is 0.448 e. The summed E-state index contributed by atoms with van der Waals surface area (Å²) in [5, 5.41) is 8.88. The molecule has 0 spiro atoms. The van der Waals surface area contributed by atoms with Gasteiger partial charge in [-0.25, -0.2) is 4.79 Å². The van der Waals surface area contributed by atoms with E-state index in [-0.39, 0.29) is 18.9 Å². The van der Waals surface area contributed by atoms with Gasteiger partial charge in [0.1, 0.15) is 4.88 Å². The Morgan fingerprint density at radius 2 is 2.00 bits per heavy atom. The number of para-hydroxylation sites is 1. The average molecular weight is 385 g/mol. The fourth-order valence-corrected chi connectivity index (χ4v) is 3.72. The first kappa shape index (κ1) is 20.7. The normalized spacial score (nSPS) is 11.5. The van der Waals surface area contributed by atoms with Crippen LogP contribution in [0.1, 0.15) is 46.8 Å². The van der Waals surface area contributed by atoms with Crippen LogP contribution in [0.4, 0.5) is 5.69 Å². The Balaban J connectivity index is 2.11. The number of rotatable bonds is 8.